The van der Waals surface area contributed by atoms with Gasteiger partial charge in [-0.25, -0.2) is 14.6 Å². The van der Waals surface area contributed by atoms with Crippen LogP contribution < -0.4 is 0 Å². The molecule has 7 nitrogen and oxygen atoms in total. The third-order valence-corrected chi connectivity index (χ3v) is 4.36. The van der Waals surface area contributed by atoms with E-state index >= 15 is 0 Å². The molecule has 26 heavy (non-hydrogen) atoms. The highest BCUT2D eigenvalue weighted by Crippen LogP contribution is 2.26. The number of benzene rings is 1. The van der Waals surface area contributed by atoms with E-state index in [0.29, 0.717) is 24.5 Å². The summed E-state index contributed by atoms with van der Waals surface area (Å²) in [4.78, 5) is 23.0. The van der Waals surface area contributed by atoms with Gasteiger partial charge < -0.3 is 9.64 Å². The van der Waals surface area contributed by atoms with Gasteiger partial charge in [0, 0.05) is 18.3 Å². The Kier molecular flexibility index (Phi) is 4.45. The van der Waals surface area contributed by atoms with E-state index in [1.54, 1.807) is 24.7 Å². The van der Waals surface area contributed by atoms with Crippen LogP contribution in [0.3, 0.4) is 0 Å². The van der Waals surface area contributed by atoms with Crippen LogP contribution in [0.5, 0.6) is 0 Å². The predicted octanol–water partition coefficient (Wildman–Crippen LogP) is 2.26. The number of carbonyl (C=O) groups is 1. The van der Waals surface area contributed by atoms with Crippen LogP contribution in [0.2, 0.25) is 0 Å². The van der Waals surface area contributed by atoms with E-state index < -0.39 is 0 Å². The van der Waals surface area contributed by atoms with Crippen molar-refractivity contribution in [2.75, 3.05) is 13.1 Å². The minimum Gasteiger partial charge on any atom is -0.367 e. The Morgan fingerprint density at radius 3 is 2.81 bits per heavy atom. The Balaban J connectivity index is 1.57. The van der Waals surface area contributed by atoms with Crippen molar-refractivity contribution in [1.82, 2.24) is 24.6 Å². The lowest BCUT2D eigenvalue weighted by atomic mass is 10.1. The van der Waals surface area contributed by atoms with Crippen molar-refractivity contribution >= 4 is 5.91 Å². The van der Waals surface area contributed by atoms with Crippen molar-refractivity contribution in [3.05, 3.63) is 72.4 Å². The zero-order valence-corrected chi connectivity index (χ0v) is 14.4. The van der Waals surface area contributed by atoms with Crippen molar-refractivity contribution in [1.29, 1.82) is 0 Å². The molecule has 4 rings (SSSR count). The highest BCUT2D eigenvalue weighted by atomic mass is 16.5. The molecule has 1 fully saturated rings. The minimum absolute atomic E-state index is 0.0328. The maximum atomic E-state index is 13.0. The summed E-state index contributed by atoms with van der Waals surface area (Å²) in [5.41, 5.74) is 1.65. The van der Waals surface area contributed by atoms with Crippen molar-refractivity contribution in [2.24, 2.45) is 0 Å². The molecule has 1 saturated heterocycles. The number of ether oxygens (including phenoxy) is 1. The van der Waals surface area contributed by atoms with Crippen molar-refractivity contribution < 1.29 is 9.53 Å². The van der Waals surface area contributed by atoms with E-state index in [4.69, 9.17) is 4.74 Å². The zero-order chi connectivity index (χ0) is 17.9. The molecule has 1 amide bonds. The van der Waals surface area contributed by atoms with Crippen LogP contribution in [0.15, 0.2) is 61.3 Å². The van der Waals surface area contributed by atoms with Gasteiger partial charge in [0.25, 0.3) is 5.91 Å². The summed E-state index contributed by atoms with van der Waals surface area (Å²) in [5.74, 6) is 0.527. The van der Waals surface area contributed by atoms with Gasteiger partial charge in [0.05, 0.1) is 12.6 Å². The molecule has 0 aliphatic carbocycles. The van der Waals surface area contributed by atoms with E-state index in [1.165, 1.54) is 11.0 Å². The van der Waals surface area contributed by atoms with Gasteiger partial charge in [-0.1, -0.05) is 30.3 Å². The first-order valence-electron chi connectivity index (χ1n) is 8.51. The number of amides is 1. The second kappa shape index (κ2) is 7.05. The van der Waals surface area contributed by atoms with E-state index in [-0.39, 0.29) is 18.1 Å². The standard InChI is InChI=1S/C19H19N5O2/c1-14-10-23(11-17(26-14)15-5-3-2-4-6-15)19(25)16-7-8-21-18(9-16)24-13-20-12-22-24/h2-9,12-14,17H,10-11H2,1H3/t14-,17-/m1/s1. The average Bonchev–Trinajstić information content (AvgIpc) is 3.23. The summed E-state index contributed by atoms with van der Waals surface area (Å²) < 4.78 is 7.58. The molecule has 3 heterocycles. The predicted molar refractivity (Wildman–Crippen MR) is 94.8 cm³/mol. The Morgan fingerprint density at radius 2 is 2.04 bits per heavy atom. The van der Waals surface area contributed by atoms with Crippen molar-refractivity contribution in [3.8, 4) is 5.82 Å². The third-order valence-electron chi connectivity index (χ3n) is 4.36. The van der Waals surface area contributed by atoms with Gasteiger partial charge in [-0.05, 0) is 24.6 Å². The first kappa shape index (κ1) is 16.4. The molecular weight excluding hydrogens is 330 g/mol. The molecule has 2 aromatic heterocycles. The second-order valence-electron chi connectivity index (χ2n) is 6.30. The molecule has 2 atom stereocenters. The lowest BCUT2D eigenvalue weighted by molar-refractivity contribution is -0.0691. The molecule has 1 aliphatic heterocycles. The Labute approximate surface area is 151 Å². The maximum Gasteiger partial charge on any atom is 0.254 e. The van der Waals surface area contributed by atoms with Crippen LogP contribution in [0.25, 0.3) is 5.82 Å². The van der Waals surface area contributed by atoms with E-state index in [0.717, 1.165) is 5.56 Å². The van der Waals surface area contributed by atoms with Gasteiger partial charge in [0.1, 0.15) is 18.8 Å². The first-order valence-corrected chi connectivity index (χ1v) is 8.51. The molecule has 0 radical (unpaired) electrons. The van der Waals surface area contributed by atoms with Gasteiger partial charge in [-0.15, -0.1) is 0 Å². The van der Waals surface area contributed by atoms with Crippen LogP contribution in [-0.4, -0.2) is 49.7 Å². The molecule has 7 heteroatoms. The lowest BCUT2D eigenvalue weighted by Crippen LogP contribution is -2.46. The van der Waals surface area contributed by atoms with Gasteiger partial charge >= 0.3 is 0 Å². The van der Waals surface area contributed by atoms with Crippen LogP contribution in [-0.2, 0) is 4.74 Å². The largest absolute Gasteiger partial charge is 0.367 e. The molecule has 1 aromatic carbocycles. The lowest BCUT2D eigenvalue weighted by Gasteiger charge is -2.37. The summed E-state index contributed by atoms with van der Waals surface area (Å²) in [6, 6.07) is 13.5. The fraction of sp³-hybridized carbons (Fsp3) is 0.263. The molecular formula is C19H19N5O2. The van der Waals surface area contributed by atoms with Gasteiger partial charge in [0.2, 0.25) is 0 Å². The average molecular weight is 349 g/mol. The summed E-state index contributed by atoms with van der Waals surface area (Å²) in [5, 5.41) is 4.06. The third kappa shape index (κ3) is 3.34. The number of aromatic nitrogens is 4. The van der Waals surface area contributed by atoms with E-state index in [1.807, 2.05) is 42.2 Å². The Hall–Kier alpha value is -3.06. The summed E-state index contributed by atoms with van der Waals surface area (Å²) in [6.45, 7) is 3.07. The van der Waals surface area contributed by atoms with Crippen molar-refractivity contribution in [2.45, 2.75) is 19.1 Å². The van der Waals surface area contributed by atoms with Crippen LogP contribution in [0.4, 0.5) is 0 Å². The van der Waals surface area contributed by atoms with Crippen molar-refractivity contribution in [3.63, 3.8) is 0 Å². The molecule has 0 spiro atoms. The first-order chi connectivity index (χ1) is 12.7. The number of pyridine rings is 1. The van der Waals surface area contributed by atoms with Gasteiger partial charge in [-0.2, -0.15) is 5.10 Å². The normalized spacial score (nSPS) is 20.1. The second-order valence-corrected chi connectivity index (χ2v) is 6.30. The Bertz CT molecular complexity index is 882. The topological polar surface area (TPSA) is 73.1 Å². The minimum atomic E-state index is -0.125. The number of morpholine rings is 1. The molecule has 0 N–H and O–H groups in total. The monoisotopic (exact) mass is 349 g/mol. The molecule has 0 bridgehead atoms. The fourth-order valence-electron chi connectivity index (χ4n) is 3.15. The van der Waals surface area contributed by atoms with E-state index in [9.17, 15) is 4.79 Å². The molecule has 0 unspecified atom stereocenters. The number of hydrogen-bond acceptors (Lipinski definition) is 5. The summed E-state index contributed by atoms with van der Waals surface area (Å²) in [6.07, 6.45) is 4.45. The molecule has 132 valence electrons. The molecule has 3 aromatic rings. The quantitative estimate of drug-likeness (QED) is 0.725. The molecule has 0 saturated carbocycles. The number of nitrogens with zero attached hydrogens (tertiary/aromatic N) is 5. The highest BCUT2D eigenvalue weighted by Gasteiger charge is 2.30. The maximum absolute atomic E-state index is 13.0. The van der Waals surface area contributed by atoms with Crippen LogP contribution >= 0.6 is 0 Å². The zero-order valence-electron chi connectivity index (χ0n) is 14.4. The number of rotatable bonds is 3. The van der Waals surface area contributed by atoms with Gasteiger partial charge in [-0.3, -0.25) is 4.79 Å². The fourth-order valence-corrected chi connectivity index (χ4v) is 3.15. The van der Waals surface area contributed by atoms with Gasteiger partial charge in [0.15, 0.2) is 5.82 Å². The summed E-state index contributed by atoms with van der Waals surface area (Å²) in [7, 11) is 0. The smallest absolute Gasteiger partial charge is 0.254 e. The number of hydrogen-bond donors (Lipinski definition) is 0. The SMILES string of the molecule is C[C@@H]1CN(C(=O)c2ccnc(-n3cncn3)c2)C[C@H](c2ccccc2)O1. The number of carbonyl (C=O) groups excluding carboxylic acids is 1. The molecule has 1 aliphatic rings. The Morgan fingerprint density at radius 1 is 1.19 bits per heavy atom. The summed E-state index contributed by atoms with van der Waals surface area (Å²) >= 11 is 0. The van der Waals surface area contributed by atoms with Crippen LogP contribution in [0, 0.1) is 0 Å². The highest BCUT2D eigenvalue weighted by molar-refractivity contribution is 5.94. The van der Waals surface area contributed by atoms with E-state index in [2.05, 4.69) is 15.1 Å². The van der Waals surface area contributed by atoms with Crippen LogP contribution in [0.1, 0.15) is 28.9 Å².